The summed E-state index contributed by atoms with van der Waals surface area (Å²) in [7, 11) is 0. The van der Waals surface area contributed by atoms with Gasteiger partial charge in [0.2, 0.25) is 0 Å². The Morgan fingerprint density at radius 1 is 1.00 bits per heavy atom. The summed E-state index contributed by atoms with van der Waals surface area (Å²) in [5, 5.41) is 0. The molecule has 0 fully saturated rings. The van der Waals surface area contributed by atoms with Crippen molar-refractivity contribution in [1.82, 2.24) is 9.55 Å². The second kappa shape index (κ2) is 7.26. The van der Waals surface area contributed by atoms with Crippen LogP contribution in [0.3, 0.4) is 0 Å². The predicted octanol–water partition coefficient (Wildman–Crippen LogP) is 6.25. The number of nitrogens with zero attached hydrogens (tertiary/aromatic N) is 2. The van der Waals surface area contributed by atoms with E-state index in [1.807, 2.05) is 25.1 Å². The zero-order chi connectivity index (χ0) is 21.7. The highest BCUT2D eigenvalue weighted by molar-refractivity contribution is 5.94. The Morgan fingerprint density at radius 3 is 2.37 bits per heavy atom. The number of imidazole rings is 1. The first-order chi connectivity index (χ1) is 14.2. The van der Waals surface area contributed by atoms with Crippen molar-refractivity contribution in [3.8, 4) is 11.4 Å². The van der Waals surface area contributed by atoms with Crippen LogP contribution in [0.1, 0.15) is 75.9 Å². The molecule has 0 radical (unpaired) electrons. The minimum absolute atomic E-state index is 0.154. The molecule has 30 heavy (non-hydrogen) atoms. The standard InChI is InChI=1S/C26H32N2O2/c1-7-28-22-12-10-18(24(29)30-8-2)16-21(22)27-23(28)17-9-11-19-20(15-17)26(5,6)14-13-25(19,3)4/h9-12,15-16H,7-8,13-14H2,1-6H3. The highest BCUT2D eigenvalue weighted by atomic mass is 16.5. The van der Waals surface area contributed by atoms with Gasteiger partial charge in [0.25, 0.3) is 0 Å². The molecule has 0 atom stereocenters. The van der Waals surface area contributed by atoms with Gasteiger partial charge >= 0.3 is 5.97 Å². The molecule has 0 amide bonds. The van der Waals surface area contributed by atoms with Crippen molar-refractivity contribution < 1.29 is 9.53 Å². The highest BCUT2D eigenvalue weighted by Gasteiger charge is 2.37. The maximum Gasteiger partial charge on any atom is 0.338 e. The molecule has 4 rings (SSSR count). The van der Waals surface area contributed by atoms with Crippen molar-refractivity contribution in [2.45, 2.75) is 71.8 Å². The zero-order valence-corrected chi connectivity index (χ0v) is 19.0. The Labute approximate surface area is 179 Å². The molecule has 0 saturated carbocycles. The molecule has 2 aromatic carbocycles. The number of aromatic nitrogens is 2. The first-order valence-electron chi connectivity index (χ1n) is 11.0. The summed E-state index contributed by atoms with van der Waals surface area (Å²) >= 11 is 0. The van der Waals surface area contributed by atoms with Crippen molar-refractivity contribution >= 4 is 17.0 Å². The van der Waals surface area contributed by atoms with E-state index in [1.165, 1.54) is 24.0 Å². The van der Waals surface area contributed by atoms with Crippen molar-refractivity contribution in [2.75, 3.05) is 6.61 Å². The Kier molecular flexibility index (Phi) is 5.00. The van der Waals surface area contributed by atoms with Crippen molar-refractivity contribution in [2.24, 2.45) is 0 Å². The lowest BCUT2D eigenvalue weighted by Gasteiger charge is -2.42. The summed E-state index contributed by atoms with van der Waals surface area (Å²) in [4.78, 5) is 17.1. The van der Waals surface area contributed by atoms with E-state index in [1.54, 1.807) is 0 Å². The molecule has 1 heterocycles. The number of fused-ring (bicyclic) bond motifs is 2. The summed E-state index contributed by atoms with van der Waals surface area (Å²) in [5.41, 5.74) is 6.78. The van der Waals surface area contributed by atoms with E-state index in [0.29, 0.717) is 12.2 Å². The number of ether oxygens (including phenoxy) is 1. The van der Waals surface area contributed by atoms with Gasteiger partial charge in [-0.3, -0.25) is 0 Å². The predicted molar refractivity (Wildman–Crippen MR) is 122 cm³/mol. The summed E-state index contributed by atoms with van der Waals surface area (Å²) in [6.45, 7) is 14.5. The van der Waals surface area contributed by atoms with Gasteiger partial charge in [-0.25, -0.2) is 9.78 Å². The first-order valence-corrected chi connectivity index (χ1v) is 11.0. The molecule has 158 valence electrons. The minimum Gasteiger partial charge on any atom is -0.462 e. The Balaban J connectivity index is 1.86. The average Bonchev–Trinajstić information content (AvgIpc) is 3.09. The van der Waals surface area contributed by atoms with Crippen LogP contribution in [0.2, 0.25) is 0 Å². The van der Waals surface area contributed by atoms with E-state index in [9.17, 15) is 4.79 Å². The lowest BCUT2D eigenvalue weighted by atomic mass is 9.63. The molecule has 1 aliphatic rings. The van der Waals surface area contributed by atoms with Gasteiger partial charge in [0, 0.05) is 12.1 Å². The van der Waals surface area contributed by atoms with Gasteiger partial charge in [0.15, 0.2) is 0 Å². The maximum atomic E-state index is 12.2. The van der Waals surface area contributed by atoms with E-state index in [4.69, 9.17) is 9.72 Å². The highest BCUT2D eigenvalue weighted by Crippen LogP contribution is 2.46. The fourth-order valence-corrected chi connectivity index (χ4v) is 4.74. The number of rotatable bonds is 4. The Morgan fingerprint density at radius 2 is 1.70 bits per heavy atom. The fraction of sp³-hybridized carbons (Fsp3) is 0.462. The number of esters is 1. The first kappa shape index (κ1) is 20.6. The van der Waals surface area contributed by atoms with Crippen LogP contribution in [0.15, 0.2) is 36.4 Å². The monoisotopic (exact) mass is 404 g/mol. The van der Waals surface area contributed by atoms with Gasteiger partial charge in [-0.1, -0.05) is 39.8 Å². The van der Waals surface area contributed by atoms with Gasteiger partial charge < -0.3 is 9.30 Å². The molecule has 0 unspecified atom stereocenters. The molecular weight excluding hydrogens is 372 g/mol. The van der Waals surface area contributed by atoms with Crippen molar-refractivity contribution in [3.63, 3.8) is 0 Å². The van der Waals surface area contributed by atoms with Gasteiger partial charge in [0.05, 0.1) is 23.2 Å². The summed E-state index contributed by atoms with van der Waals surface area (Å²) in [5.74, 6) is 0.653. The van der Waals surface area contributed by atoms with Crippen LogP contribution in [0.25, 0.3) is 22.4 Å². The third kappa shape index (κ3) is 3.32. The van der Waals surface area contributed by atoms with Crippen LogP contribution in [0, 0.1) is 0 Å². The molecule has 0 saturated heterocycles. The summed E-state index contributed by atoms with van der Waals surface area (Å²) < 4.78 is 7.39. The SMILES string of the molecule is CCOC(=O)c1ccc2c(c1)nc(-c1ccc3c(c1)C(C)(C)CCC3(C)C)n2CC. The van der Waals surface area contributed by atoms with Gasteiger partial charge in [-0.15, -0.1) is 0 Å². The number of hydrogen-bond donors (Lipinski definition) is 0. The van der Waals surface area contributed by atoms with Gasteiger partial charge in [0.1, 0.15) is 5.82 Å². The van der Waals surface area contributed by atoms with Crippen LogP contribution < -0.4 is 0 Å². The molecule has 1 aliphatic carbocycles. The van der Waals surface area contributed by atoms with Crippen LogP contribution in [-0.2, 0) is 22.1 Å². The smallest absolute Gasteiger partial charge is 0.338 e. The molecule has 0 N–H and O–H groups in total. The van der Waals surface area contributed by atoms with Crippen LogP contribution >= 0.6 is 0 Å². The number of benzene rings is 2. The zero-order valence-electron chi connectivity index (χ0n) is 19.0. The van der Waals surface area contributed by atoms with E-state index < -0.39 is 0 Å². The molecule has 4 heteroatoms. The van der Waals surface area contributed by atoms with Gasteiger partial charge in [-0.2, -0.15) is 0 Å². The molecule has 4 nitrogen and oxygen atoms in total. The maximum absolute atomic E-state index is 12.2. The second-order valence-electron chi connectivity index (χ2n) is 9.63. The van der Waals surface area contributed by atoms with Crippen LogP contribution in [-0.4, -0.2) is 22.1 Å². The van der Waals surface area contributed by atoms with E-state index >= 15 is 0 Å². The normalized spacial score (nSPS) is 17.0. The Hall–Kier alpha value is -2.62. The largest absolute Gasteiger partial charge is 0.462 e. The molecule has 0 spiro atoms. The number of carbonyl (C=O) groups excluding carboxylic acids is 1. The second-order valence-corrected chi connectivity index (χ2v) is 9.63. The van der Waals surface area contributed by atoms with Crippen LogP contribution in [0.4, 0.5) is 0 Å². The quantitative estimate of drug-likeness (QED) is 0.483. The van der Waals surface area contributed by atoms with E-state index in [0.717, 1.165) is 29.0 Å². The van der Waals surface area contributed by atoms with Crippen molar-refractivity contribution in [3.05, 3.63) is 53.1 Å². The molecule has 1 aromatic heterocycles. The van der Waals surface area contributed by atoms with Crippen LogP contribution in [0.5, 0.6) is 0 Å². The molecule has 0 aliphatic heterocycles. The van der Waals surface area contributed by atoms with E-state index in [-0.39, 0.29) is 16.8 Å². The number of hydrogen-bond acceptors (Lipinski definition) is 3. The fourth-order valence-electron chi connectivity index (χ4n) is 4.74. The summed E-state index contributed by atoms with van der Waals surface area (Å²) in [6, 6.07) is 12.5. The lowest BCUT2D eigenvalue weighted by molar-refractivity contribution is 0.0526. The Bertz CT molecular complexity index is 1120. The van der Waals surface area contributed by atoms with Gasteiger partial charge in [-0.05, 0) is 72.9 Å². The van der Waals surface area contributed by atoms with E-state index in [2.05, 4.69) is 57.4 Å². The molecular formula is C26H32N2O2. The van der Waals surface area contributed by atoms with Crippen molar-refractivity contribution in [1.29, 1.82) is 0 Å². The number of aryl methyl sites for hydroxylation is 1. The topological polar surface area (TPSA) is 44.1 Å². The third-order valence-corrected chi connectivity index (χ3v) is 6.69. The third-order valence-electron chi connectivity index (χ3n) is 6.69. The molecule has 3 aromatic rings. The number of carbonyl (C=O) groups is 1. The average molecular weight is 405 g/mol. The summed E-state index contributed by atoms with van der Waals surface area (Å²) in [6.07, 6.45) is 2.39. The minimum atomic E-state index is -0.301. The lowest BCUT2D eigenvalue weighted by Crippen LogP contribution is -2.33. The molecule has 0 bridgehead atoms.